The van der Waals surface area contributed by atoms with Gasteiger partial charge in [0.05, 0.1) is 17.8 Å². The molecule has 86 valence electrons. The van der Waals surface area contributed by atoms with E-state index in [0.29, 0.717) is 12.1 Å². The van der Waals surface area contributed by atoms with E-state index in [2.05, 4.69) is 32.8 Å². The van der Waals surface area contributed by atoms with Gasteiger partial charge in [-0.25, -0.2) is 0 Å². The first-order chi connectivity index (χ1) is 8.24. The van der Waals surface area contributed by atoms with Gasteiger partial charge in [-0.2, -0.15) is 5.26 Å². The minimum Gasteiger partial charge on any atom is -0.359 e. The van der Waals surface area contributed by atoms with Crippen molar-refractivity contribution in [2.45, 2.75) is 12.8 Å². The van der Waals surface area contributed by atoms with Crippen molar-refractivity contribution < 1.29 is 0 Å². The van der Waals surface area contributed by atoms with Crippen LogP contribution in [0.3, 0.4) is 0 Å². The third-order valence-corrected chi connectivity index (χ3v) is 3.37. The summed E-state index contributed by atoms with van der Waals surface area (Å²) in [7, 11) is 0. The number of rotatable bonds is 4. The normalized spacial score (nSPS) is 13.8. The molecule has 1 fully saturated rings. The third kappa shape index (κ3) is 3.02. The Balaban J connectivity index is 2.28. The summed E-state index contributed by atoms with van der Waals surface area (Å²) in [5.41, 5.74) is 1.62. The van der Waals surface area contributed by atoms with Gasteiger partial charge >= 0.3 is 0 Å². The highest BCUT2D eigenvalue weighted by Crippen LogP contribution is 2.32. The Bertz CT molecular complexity index is 492. The fourth-order valence-corrected chi connectivity index (χ4v) is 2.21. The molecule has 1 aliphatic rings. The average Bonchev–Trinajstić information content (AvgIpc) is 3.12. The van der Waals surface area contributed by atoms with Crippen LogP contribution in [-0.2, 0) is 0 Å². The number of benzene rings is 1. The summed E-state index contributed by atoms with van der Waals surface area (Å²) in [5, 5.41) is 9.16. The molecule has 2 rings (SSSR count). The molecule has 1 saturated carbocycles. The molecule has 0 amide bonds. The Morgan fingerprint density at radius 1 is 1.47 bits per heavy atom. The van der Waals surface area contributed by atoms with Gasteiger partial charge in [0.2, 0.25) is 0 Å². The number of nitrogens with zero attached hydrogens (tertiary/aromatic N) is 2. The molecule has 3 heteroatoms. The Morgan fingerprint density at radius 2 is 2.24 bits per heavy atom. The molecule has 0 spiro atoms. The quantitative estimate of drug-likeness (QED) is 0.796. The molecule has 0 unspecified atom stereocenters. The van der Waals surface area contributed by atoms with Gasteiger partial charge in [-0.05, 0) is 37.0 Å². The van der Waals surface area contributed by atoms with Crippen LogP contribution in [0.1, 0.15) is 18.4 Å². The fraction of sp³-hybridized carbons (Fsp3) is 0.357. The standard InChI is InChI=1S/C14H13BrN2/c1-2-7-17(10-11-3-4-11)14-6-5-13(15)8-12(14)9-16/h1,5-6,8,11H,3-4,7,10H2. The summed E-state index contributed by atoms with van der Waals surface area (Å²) in [4.78, 5) is 2.13. The predicted molar refractivity (Wildman–Crippen MR) is 72.6 cm³/mol. The molecule has 0 aliphatic heterocycles. The molecule has 0 N–H and O–H groups in total. The molecule has 0 bridgehead atoms. The van der Waals surface area contributed by atoms with Crippen LogP contribution in [0.4, 0.5) is 5.69 Å². The number of terminal acetylenes is 1. The molecule has 0 aromatic heterocycles. The Kier molecular flexibility index (Phi) is 3.71. The molecule has 0 atom stereocenters. The summed E-state index contributed by atoms with van der Waals surface area (Å²) in [5.74, 6) is 3.42. The molecule has 0 saturated heterocycles. The zero-order valence-corrected chi connectivity index (χ0v) is 11.1. The van der Waals surface area contributed by atoms with Crippen LogP contribution in [0.2, 0.25) is 0 Å². The van der Waals surface area contributed by atoms with E-state index in [9.17, 15) is 0 Å². The second kappa shape index (κ2) is 5.25. The summed E-state index contributed by atoms with van der Waals surface area (Å²) in [6, 6.07) is 7.98. The lowest BCUT2D eigenvalue weighted by Crippen LogP contribution is -2.26. The van der Waals surface area contributed by atoms with Crippen molar-refractivity contribution >= 4 is 21.6 Å². The van der Waals surface area contributed by atoms with Gasteiger partial charge in [-0.3, -0.25) is 0 Å². The molecule has 2 nitrogen and oxygen atoms in total. The number of hydrogen-bond donors (Lipinski definition) is 0. The van der Waals surface area contributed by atoms with Gasteiger partial charge in [0, 0.05) is 11.0 Å². The van der Waals surface area contributed by atoms with Gasteiger partial charge in [0.1, 0.15) is 6.07 Å². The van der Waals surface area contributed by atoms with Crippen LogP contribution in [0.5, 0.6) is 0 Å². The van der Waals surface area contributed by atoms with E-state index in [4.69, 9.17) is 11.7 Å². The monoisotopic (exact) mass is 288 g/mol. The van der Waals surface area contributed by atoms with Crippen LogP contribution in [0.25, 0.3) is 0 Å². The van der Waals surface area contributed by atoms with Crippen LogP contribution in [0, 0.1) is 29.6 Å². The van der Waals surface area contributed by atoms with E-state index >= 15 is 0 Å². The van der Waals surface area contributed by atoms with E-state index in [1.54, 1.807) is 0 Å². The van der Waals surface area contributed by atoms with Crippen molar-refractivity contribution in [2.75, 3.05) is 18.0 Å². The lowest BCUT2D eigenvalue weighted by atomic mass is 10.1. The maximum atomic E-state index is 9.16. The van der Waals surface area contributed by atoms with Crippen LogP contribution < -0.4 is 4.90 Å². The van der Waals surface area contributed by atoms with Gasteiger partial charge < -0.3 is 4.90 Å². The van der Waals surface area contributed by atoms with Crippen molar-refractivity contribution in [2.24, 2.45) is 5.92 Å². The average molecular weight is 289 g/mol. The second-order valence-electron chi connectivity index (χ2n) is 4.30. The van der Waals surface area contributed by atoms with Gasteiger partial charge in [-0.15, -0.1) is 6.42 Å². The largest absolute Gasteiger partial charge is 0.359 e. The van der Waals surface area contributed by atoms with Gasteiger partial charge in [0.25, 0.3) is 0 Å². The van der Waals surface area contributed by atoms with Crippen LogP contribution in [-0.4, -0.2) is 13.1 Å². The Morgan fingerprint density at radius 3 is 2.82 bits per heavy atom. The predicted octanol–water partition coefficient (Wildman–Crippen LogP) is 3.17. The zero-order chi connectivity index (χ0) is 12.3. The molecule has 1 aliphatic carbocycles. The van der Waals surface area contributed by atoms with E-state index < -0.39 is 0 Å². The number of nitriles is 1. The van der Waals surface area contributed by atoms with E-state index in [0.717, 1.165) is 22.6 Å². The van der Waals surface area contributed by atoms with Crippen molar-refractivity contribution in [3.8, 4) is 18.4 Å². The smallest absolute Gasteiger partial charge is 0.101 e. The minimum atomic E-state index is 0.562. The SMILES string of the molecule is C#CCN(CC1CC1)c1ccc(Br)cc1C#N. The number of anilines is 1. The first kappa shape index (κ1) is 12.0. The van der Waals surface area contributed by atoms with Crippen molar-refractivity contribution in [1.29, 1.82) is 5.26 Å². The number of hydrogen-bond acceptors (Lipinski definition) is 2. The second-order valence-corrected chi connectivity index (χ2v) is 5.22. The van der Waals surface area contributed by atoms with Crippen LogP contribution in [0.15, 0.2) is 22.7 Å². The van der Waals surface area contributed by atoms with Gasteiger partial charge in [0.15, 0.2) is 0 Å². The summed E-state index contributed by atoms with van der Waals surface area (Å²) < 4.78 is 0.921. The fourth-order valence-electron chi connectivity index (χ4n) is 1.84. The highest BCUT2D eigenvalue weighted by molar-refractivity contribution is 9.10. The summed E-state index contributed by atoms with van der Waals surface area (Å²) >= 11 is 3.38. The highest BCUT2D eigenvalue weighted by Gasteiger charge is 2.25. The molecule has 0 radical (unpaired) electrons. The lowest BCUT2D eigenvalue weighted by Gasteiger charge is -2.23. The molecule has 1 aromatic carbocycles. The molecular formula is C14H13BrN2. The van der Waals surface area contributed by atoms with Crippen molar-refractivity contribution in [1.82, 2.24) is 0 Å². The maximum absolute atomic E-state index is 9.16. The van der Waals surface area contributed by atoms with Crippen molar-refractivity contribution in [3.63, 3.8) is 0 Å². The molecular weight excluding hydrogens is 276 g/mol. The van der Waals surface area contributed by atoms with Crippen molar-refractivity contribution in [3.05, 3.63) is 28.2 Å². The van der Waals surface area contributed by atoms with Crippen LogP contribution >= 0.6 is 15.9 Å². The minimum absolute atomic E-state index is 0.562. The highest BCUT2D eigenvalue weighted by atomic mass is 79.9. The van der Waals surface area contributed by atoms with E-state index in [1.807, 2.05) is 18.2 Å². The topological polar surface area (TPSA) is 27.0 Å². The summed E-state index contributed by atoms with van der Waals surface area (Å²) in [6.07, 6.45) is 7.96. The molecule has 17 heavy (non-hydrogen) atoms. The molecule has 1 aromatic rings. The third-order valence-electron chi connectivity index (χ3n) is 2.88. The lowest BCUT2D eigenvalue weighted by molar-refractivity contribution is 0.764. The first-order valence-electron chi connectivity index (χ1n) is 5.62. The Hall–Kier alpha value is -1.45. The van der Waals surface area contributed by atoms with Gasteiger partial charge in [-0.1, -0.05) is 21.9 Å². The van der Waals surface area contributed by atoms with E-state index in [1.165, 1.54) is 12.8 Å². The zero-order valence-electron chi connectivity index (χ0n) is 9.49. The maximum Gasteiger partial charge on any atom is 0.101 e. The van der Waals surface area contributed by atoms with E-state index in [-0.39, 0.29) is 0 Å². The number of halogens is 1. The first-order valence-corrected chi connectivity index (χ1v) is 6.42. The molecule has 0 heterocycles. The summed E-state index contributed by atoms with van der Waals surface area (Å²) in [6.45, 7) is 1.52. The Labute approximate surface area is 110 Å².